The van der Waals surface area contributed by atoms with Crippen LogP contribution in [0.2, 0.25) is 0 Å². The lowest BCUT2D eigenvalue weighted by molar-refractivity contribution is -0.400. The molecule has 5 fully saturated rings. The van der Waals surface area contributed by atoms with E-state index in [2.05, 4.69) is 20.8 Å². The van der Waals surface area contributed by atoms with E-state index in [9.17, 15) is 9.59 Å². The molecule has 5 rings (SSSR count). The first kappa shape index (κ1) is 20.7. The summed E-state index contributed by atoms with van der Waals surface area (Å²) in [5.74, 6) is -4.52. The van der Waals surface area contributed by atoms with E-state index < -0.39 is 47.9 Å². The smallest absolute Gasteiger partial charge is 0.316 e. The number of esters is 2. The molecular weight excluding hydrogens is 392 g/mol. The van der Waals surface area contributed by atoms with Gasteiger partial charge in [0.15, 0.2) is 0 Å². The highest BCUT2D eigenvalue weighted by atomic mass is 17.3. The lowest BCUT2D eigenvalue weighted by Crippen LogP contribution is -2.60. The van der Waals surface area contributed by atoms with Gasteiger partial charge in [0.1, 0.15) is 5.92 Å². The van der Waals surface area contributed by atoms with E-state index in [0.29, 0.717) is 12.8 Å². The van der Waals surface area contributed by atoms with Crippen LogP contribution in [0.1, 0.15) is 73.1 Å². The summed E-state index contributed by atoms with van der Waals surface area (Å²) in [7, 11) is 0. The molecule has 2 bridgehead atoms. The van der Waals surface area contributed by atoms with Crippen molar-refractivity contribution >= 4 is 11.9 Å². The quantitative estimate of drug-likeness (QED) is 0.492. The molecular formula is C22H32O8. The molecule has 30 heavy (non-hydrogen) atoms. The number of carbonyl (C=O) groups excluding carboxylic acids is 2. The van der Waals surface area contributed by atoms with Gasteiger partial charge in [-0.2, -0.15) is 9.78 Å². The van der Waals surface area contributed by atoms with Gasteiger partial charge in [-0.3, -0.25) is 9.59 Å². The summed E-state index contributed by atoms with van der Waals surface area (Å²) >= 11 is 0. The van der Waals surface area contributed by atoms with E-state index in [1.165, 1.54) is 6.92 Å². The molecule has 1 saturated carbocycles. The van der Waals surface area contributed by atoms with Crippen molar-refractivity contribution < 1.29 is 38.3 Å². The standard InChI is InChI=1S/C22H32O8/c1-12-16(24)26-18-15-14(17(27-18)25-13(2)23)7-10-21(28-22(12,15)30-29-21)20(5)9-6-8-19(3,4)11-20/h12,14-15,17-18H,6-11H2,1-5H3/t12-,14+,15?,17+,18+,20-,21?,22?/m0/s1. The summed E-state index contributed by atoms with van der Waals surface area (Å²) in [6, 6.07) is 0. The van der Waals surface area contributed by atoms with Crippen LogP contribution in [0, 0.1) is 28.6 Å². The zero-order valence-corrected chi connectivity index (χ0v) is 18.4. The van der Waals surface area contributed by atoms with E-state index in [1.807, 2.05) is 0 Å². The Bertz CT molecular complexity index is 766. The Morgan fingerprint density at radius 2 is 1.90 bits per heavy atom. The second kappa shape index (κ2) is 6.40. The Morgan fingerprint density at radius 1 is 1.13 bits per heavy atom. The van der Waals surface area contributed by atoms with Crippen LogP contribution in [0.3, 0.4) is 0 Å². The van der Waals surface area contributed by atoms with Crippen LogP contribution in [-0.4, -0.2) is 36.1 Å². The van der Waals surface area contributed by atoms with Gasteiger partial charge in [0, 0.05) is 24.7 Å². The topological polar surface area (TPSA) is 89.5 Å². The van der Waals surface area contributed by atoms with E-state index in [-0.39, 0.29) is 16.7 Å². The minimum atomic E-state index is -1.32. The van der Waals surface area contributed by atoms with Crippen LogP contribution >= 0.6 is 0 Å². The normalized spacial score (nSPS) is 51.6. The lowest BCUT2D eigenvalue weighted by atomic mass is 9.60. The maximum Gasteiger partial charge on any atom is 0.316 e. The van der Waals surface area contributed by atoms with Crippen molar-refractivity contribution in [1.29, 1.82) is 0 Å². The third-order valence-electron chi connectivity index (χ3n) is 8.12. The summed E-state index contributed by atoms with van der Waals surface area (Å²) in [6.07, 6.45) is 3.66. The average molecular weight is 424 g/mol. The molecule has 1 aliphatic carbocycles. The molecule has 4 heterocycles. The van der Waals surface area contributed by atoms with Gasteiger partial charge in [0.25, 0.3) is 0 Å². The van der Waals surface area contributed by atoms with E-state index in [0.717, 1.165) is 25.7 Å². The molecule has 168 valence electrons. The first-order valence-electron chi connectivity index (χ1n) is 11.1. The van der Waals surface area contributed by atoms with Crippen LogP contribution in [0.25, 0.3) is 0 Å². The van der Waals surface area contributed by atoms with Crippen molar-refractivity contribution in [3.63, 3.8) is 0 Å². The van der Waals surface area contributed by atoms with Gasteiger partial charge in [-0.1, -0.05) is 27.2 Å². The molecule has 8 atom stereocenters. The molecule has 0 N–H and O–H groups in total. The van der Waals surface area contributed by atoms with Crippen molar-refractivity contribution in [2.45, 2.75) is 97.3 Å². The van der Waals surface area contributed by atoms with Crippen LogP contribution in [0.15, 0.2) is 0 Å². The Hall–Kier alpha value is -1.22. The van der Waals surface area contributed by atoms with Crippen molar-refractivity contribution in [3.8, 4) is 0 Å². The van der Waals surface area contributed by atoms with Crippen LogP contribution in [-0.2, 0) is 38.3 Å². The predicted molar refractivity (Wildman–Crippen MR) is 101 cm³/mol. The monoisotopic (exact) mass is 424 g/mol. The molecule has 0 amide bonds. The van der Waals surface area contributed by atoms with Gasteiger partial charge in [-0.05, 0) is 38.0 Å². The van der Waals surface area contributed by atoms with E-state index >= 15 is 0 Å². The first-order valence-corrected chi connectivity index (χ1v) is 11.1. The molecule has 0 aromatic rings. The minimum absolute atomic E-state index is 0.162. The van der Waals surface area contributed by atoms with Gasteiger partial charge < -0.3 is 18.9 Å². The molecule has 5 aliphatic rings. The fraction of sp³-hybridized carbons (Fsp3) is 0.909. The lowest BCUT2D eigenvalue weighted by Gasteiger charge is -2.50. The molecule has 8 nitrogen and oxygen atoms in total. The summed E-state index contributed by atoms with van der Waals surface area (Å²) in [5, 5.41) is 0. The fourth-order valence-electron chi connectivity index (χ4n) is 6.74. The second-order valence-electron chi connectivity index (χ2n) is 10.9. The highest BCUT2D eigenvalue weighted by molar-refractivity contribution is 5.74. The number of ether oxygens (including phenoxy) is 4. The van der Waals surface area contributed by atoms with Crippen molar-refractivity contribution in [1.82, 2.24) is 0 Å². The average Bonchev–Trinajstić information content (AvgIpc) is 3.11. The summed E-state index contributed by atoms with van der Waals surface area (Å²) in [5.41, 5.74) is -0.110. The molecule has 4 saturated heterocycles. The largest absolute Gasteiger partial charge is 0.435 e. The summed E-state index contributed by atoms with van der Waals surface area (Å²) in [6.45, 7) is 9.85. The Kier molecular flexibility index (Phi) is 4.41. The molecule has 0 aromatic carbocycles. The molecule has 0 aromatic heterocycles. The number of rotatable bonds is 2. The van der Waals surface area contributed by atoms with Crippen molar-refractivity contribution in [2.75, 3.05) is 0 Å². The predicted octanol–water partition coefficient (Wildman–Crippen LogP) is 3.43. The maximum absolute atomic E-state index is 12.7. The number of carbonyl (C=O) groups is 2. The van der Waals surface area contributed by atoms with Gasteiger partial charge in [-0.25, -0.2) is 0 Å². The van der Waals surface area contributed by atoms with Gasteiger partial charge in [0.05, 0.1) is 5.92 Å². The summed E-state index contributed by atoms with van der Waals surface area (Å²) in [4.78, 5) is 36.5. The molecule has 8 heteroatoms. The molecule has 0 radical (unpaired) electrons. The highest BCUT2D eigenvalue weighted by Crippen LogP contribution is 2.65. The van der Waals surface area contributed by atoms with Crippen molar-refractivity contribution in [3.05, 3.63) is 0 Å². The Morgan fingerprint density at radius 3 is 2.60 bits per heavy atom. The Balaban J connectivity index is 1.56. The molecule has 1 spiro atoms. The zero-order chi connectivity index (χ0) is 21.5. The van der Waals surface area contributed by atoms with Gasteiger partial charge in [0.2, 0.25) is 24.2 Å². The van der Waals surface area contributed by atoms with Crippen molar-refractivity contribution in [2.24, 2.45) is 28.6 Å². The third-order valence-corrected chi connectivity index (χ3v) is 8.12. The van der Waals surface area contributed by atoms with Gasteiger partial charge >= 0.3 is 11.9 Å². The van der Waals surface area contributed by atoms with Crippen LogP contribution in [0.5, 0.6) is 0 Å². The first-order chi connectivity index (χ1) is 14.0. The Labute approximate surface area is 176 Å². The van der Waals surface area contributed by atoms with Gasteiger partial charge in [-0.15, -0.1) is 0 Å². The zero-order valence-electron chi connectivity index (χ0n) is 18.4. The number of hydrogen-bond acceptors (Lipinski definition) is 8. The van der Waals surface area contributed by atoms with Crippen LogP contribution < -0.4 is 0 Å². The van der Waals surface area contributed by atoms with E-state index in [4.69, 9.17) is 28.7 Å². The summed E-state index contributed by atoms with van der Waals surface area (Å²) < 4.78 is 23.6. The number of fused-ring (bicyclic) bond motifs is 1. The second-order valence-corrected chi connectivity index (χ2v) is 10.9. The third kappa shape index (κ3) is 2.73. The maximum atomic E-state index is 12.7. The fourth-order valence-corrected chi connectivity index (χ4v) is 6.74. The highest BCUT2D eigenvalue weighted by Gasteiger charge is 2.76. The van der Waals surface area contributed by atoms with E-state index in [1.54, 1.807) is 6.92 Å². The SMILES string of the molecule is CC(=O)O[C@@H]1O[C@H]2OC(=O)[C@H](C)C34OOC([C@@]5(C)CCCC(C)(C)C5)(CC[C@@H]1C23)O4. The minimum Gasteiger partial charge on any atom is -0.435 e. The number of hydrogen-bond donors (Lipinski definition) is 0. The molecule has 4 aliphatic heterocycles. The molecule has 3 unspecified atom stereocenters. The van der Waals surface area contributed by atoms with Crippen LogP contribution in [0.4, 0.5) is 0 Å².